The maximum absolute atomic E-state index is 5.23. The zero-order chi connectivity index (χ0) is 13.0. The molecular weight excluding hydrogens is 292 g/mol. The van der Waals surface area contributed by atoms with Crippen molar-refractivity contribution in [3.8, 4) is 5.75 Å². The van der Waals surface area contributed by atoms with Crippen molar-refractivity contribution in [2.75, 3.05) is 12.4 Å². The summed E-state index contributed by atoms with van der Waals surface area (Å²) in [5.41, 5.74) is 2.97. The van der Waals surface area contributed by atoms with Crippen LogP contribution in [-0.2, 0) is 6.54 Å². The van der Waals surface area contributed by atoms with E-state index in [0.717, 1.165) is 27.3 Å². The standard InChI is InChI=1S/C14H15BrN2O/c1-10-7-12(18-2)8-11(17-10)9-16-14-6-4-3-5-13(14)15/h3-8,16H,9H2,1-2H3. The second kappa shape index (κ2) is 5.87. The first kappa shape index (κ1) is 12.9. The van der Waals surface area contributed by atoms with E-state index in [1.807, 2.05) is 43.3 Å². The fourth-order valence-corrected chi connectivity index (χ4v) is 2.13. The molecule has 0 amide bonds. The SMILES string of the molecule is COc1cc(C)nc(CNc2ccccc2Br)c1. The van der Waals surface area contributed by atoms with Crippen LogP contribution in [0.25, 0.3) is 0 Å². The van der Waals surface area contributed by atoms with Crippen LogP contribution < -0.4 is 10.1 Å². The number of ether oxygens (including phenoxy) is 1. The number of anilines is 1. The second-order valence-electron chi connectivity index (χ2n) is 3.97. The van der Waals surface area contributed by atoms with Crippen LogP contribution in [0.15, 0.2) is 40.9 Å². The number of pyridine rings is 1. The molecule has 0 bridgehead atoms. The van der Waals surface area contributed by atoms with Crippen molar-refractivity contribution in [3.63, 3.8) is 0 Å². The lowest BCUT2D eigenvalue weighted by atomic mass is 10.2. The molecule has 1 N–H and O–H groups in total. The highest BCUT2D eigenvalue weighted by molar-refractivity contribution is 9.10. The lowest BCUT2D eigenvalue weighted by molar-refractivity contribution is 0.413. The molecule has 1 aromatic carbocycles. The number of methoxy groups -OCH3 is 1. The minimum Gasteiger partial charge on any atom is -0.497 e. The predicted molar refractivity (Wildman–Crippen MR) is 77.0 cm³/mol. The molecule has 2 aromatic rings. The number of hydrogen-bond donors (Lipinski definition) is 1. The number of hydrogen-bond acceptors (Lipinski definition) is 3. The van der Waals surface area contributed by atoms with Crippen molar-refractivity contribution in [2.24, 2.45) is 0 Å². The molecule has 0 spiro atoms. The van der Waals surface area contributed by atoms with Gasteiger partial charge in [-0.25, -0.2) is 0 Å². The number of nitrogens with one attached hydrogen (secondary N) is 1. The highest BCUT2D eigenvalue weighted by atomic mass is 79.9. The Bertz CT molecular complexity index is 543. The molecule has 2 rings (SSSR count). The van der Waals surface area contributed by atoms with Crippen molar-refractivity contribution >= 4 is 21.6 Å². The summed E-state index contributed by atoms with van der Waals surface area (Å²) >= 11 is 3.50. The normalized spacial score (nSPS) is 10.2. The monoisotopic (exact) mass is 306 g/mol. The van der Waals surface area contributed by atoms with E-state index in [1.165, 1.54) is 0 Å². The lowest BCUT2D eigenvalue weighted by Gasteiger charge is -2.09. The molecule has 18 heavy (non-hydrogen) atoms. The molecule has 3 nitrogen and oxygen atoms in total. The van der Waals surface area contributed by atoms with E-state index in [1.54, 1.807) is 7.11 Å². The largest absolute Gasteiger partial charge is 0.497 e. The van der Waals surface area contributed by atoms with Crippen molar-refractivity contribution in [2.45, 2.75) is 13.5 Å². The van der Waals surface area contributed by atoms with Gasteiger partial charge < -0.3 is 10.1 Å². The fourth-order valence-electron chi connectivity index (χ4n) is 1.70. The average molecular weight is 307 g/mol. The predicted octanol–water partition coefficient (Wildman–Crippen LogP) is 3.77. The van der Waals surface area contributed by atoms with E-state index in [4.69, 9.17) is 4.74 Å². The van der Waals surface area contributed by atoms with Crippen LogP contribution in [0.1, 0.15) is 11.4 Å². The summed E-state index contributed by atoms with van der Waals surface area (Å²) in [4.78, 5) is 4.47. The third-order valence-electron chi connectivity index (χ3n) is 2.55. The minimum absolute atomic E-state index is 0.667. The third kappa shape index (κ3) is 3.23. The van der Waals surface area contributed by atoms with E-state index in [2.05, 4.69) is 26.2 Å². The first-order valence-electron chi connectivity index (χ1n) is 5.69. The average Bonchev–Trinajstić information content (AvgIpc) is 2.37. The molecular formula is C14H15BrN2O. The molecule has 1 aromatic heterocycles. The molecule has 0 fully saturated rings. The summed E-state index contributed by atoms with van der Waals surface area (Å²) in [6, 6.07) is 11.9. The molecule has 0 aliphatic carbocycles. The van der Waals surface area contributed by atoms with Gasteiger partial charge in [0.2, 0.25) is 0 Å². The number of halogens is 1. The summed E-state index contributed by atoms with van der Waals surface area (Å²) in [6.07, 6.45) is 0. The van der Waals surface area contributed by atoms with Crippen molar-refractivity contribution in [1.29, 1.82) is 0 Å². The smallest absolute Gasteiger partial charge is 0.122 e. The fraction of sp³-hybridized carbons (Fsp3) is 0.214. The summed E-state index contributed by atoms with van der Waals surface area (Å²) in [7, 11) is 1.67. The molecule has 1 heterocycles. The number of aryl methyl sites for hydroxylation is 1. The number of aromatic nitrogens is 1. The van der Waals surface area contributed by atoms with E-state index in [-0.39, 0.29) is 0 Å². The van der Waals surface area contributed by atoms with E-state index in [0.29, 0.717) is 6.54 Å². The van der Waals surface area contributed by atoms with Crippen LogP contribution in [0.2, 0.25) is 0 Å². The maximum Gasteiger partial charge on any atom is 0.122 e. The molecule has 0 aliphatic heterocycles. The van der Waals surface area contributed by atoms with Gasteiger partial charge in [-0.05, 0) is 35.0 Å². The third-order valence-corrected chi connectivity index (χ3v) is 3.24. The number of rotatable bonds is 4. The zero-order valence-electron chi connectivity index (χ0n) is 10.4. The Morgan fingerprint density at radius 3 is 2.78 bits per heavy atom. The van der Waals surface area contributed by atoms with Crippen LogP contribution in [0.4, 0.5) is 5.69 Å². The van der Waals surface area contributed by atoms with Gasteiger partial charge >= 0.3 is 0 Å². The van der Waals surface area contributed by atoms with Gasteiger partial charge in [0.05, 0.1) is 19.3 Å². The summed E-state index contributed by atoms with van der Waals surface area (Å²) < 4.78 is 6.28. The van der Waals surface area contributed by atoms with Gasteiger partial charge in [-0.1, -0.05) is 12.1 Å². The molecule has 0 unspecified atom stereocenters. The van der Waals surface area contributed by atoms with Crippen molar-refractivity contribution < 1.29 is 4.74 Å². The molecule has 94 valence electrons. The lowest BCUT2D eigenvalue weighted by Crippen LogP contribution is -2.03. The Morgan fingerprint density at radius 1 is 1.28 bits per heavy atom. The maximum atomic E-state index is 5.23. The van der Waals surface area contributed by atoms with Gasteiger partial charge in [0, 0.05) is 28.0 Å². The number of benzene rings is 1. The number of para-hydroxylation sites is 1. The van der Waals surface area contributed by atoms with Crippen molar-refractivity contribution in [3.05, 3.63) is 52.3 Å². The zero-order valence-corrected chi connectivity index (χ0v) is 12.0. The Hall–Kier alpha value is -1.55. The topological polar surface area (TPSA) is 34.1 Å². The van der Waals surface area contributed by atoms with E-state index < -0.39 is 0 Å². The molecule has 0 radical (unpaired) electrons. The Balaban J connectivity index is 2.11. The molecule has 0 aliphatic rings. The summed E-state index contributed by atoms with van der Waals surface area (Å²) in [5.74, 6) is 0.839. The highest BCUT2D eigenvalue weighted by Crippen LogP contribution is 2.22. The quantitative estimate of drug-likeness (QED) is 0.933. The first-order valence-corrected chi connectivity index (χ1v) is 6.48. The minimum atomic E-state index is 0.667. The Kier molecular flexibility index (Phi) is 4.20. The van der Waals surface area contributed by atoms with Gasteiger partial charge in [0.15, 0.2) is 0 Å². The van der Waals surface area contributed by atoms with Gasteiger partial charge in [0.1, 0.15) is 5.75 Å². The number of nitrogens with zero attached hydrogens (tertiary/aromatic N) is 1. The Morgan fingerprint density at radius 2 is 2.06 bits per heavy atom. The Labute approximate surface area is 115 Å². The van der Waals surface area contributed by atoms with E-state index in [9.17, 15) is 0 Å². The van der Waals surface area contributed by atoms with Gasteiger partial charge in [-0.3, -0.25) is 4.98 Å². The molecule has 0 saturated heterocycles. The molecule has 0 atom stereocenters. The first-order chi connectivity index (χ1) is 8.69. The van der Waals surface area contributed by atoms with Gasteiger partial charge in [0.25, 0.3) is 0 Å². The van der Waals surface area contributed by atoms with Crippen LogP contribution in [0, 0.1) is 6.92 Å². The summed E-state index contributed by atoms with van der Waals surface area (Å²) in [6.45, 7) is 2.63. The van der Waals surface area contributed by atoms with Crippen molar-refractivity contribution in [1.82, 2.24) is 4.98 Å². The molecule has 0 saturated carbocycles. The molecule has 4 heteroatoms. The van der Waals surface area contributed by atoms with Crippen LogP contribution in [-0.4, -0.2) is 12.1 Å². The van der Waals surface area contributed by atoms with Gasteiger partial charge in [-0.2, -0.15) is 0 Å². The van der Waals surface area contributed by atoms with E-state index >= 15 is 0 Å². The van der Waals surface area contributed by atoms with Crippen LogP contribution >= 0.6 is 15.9 Å². The van der Waals surface area contributed by atoms with Crippen LogP contribution in [0.5, 0.6) is 5.75 Å². The highest BCUT2D eigenvalue weighted by Gasteiger charge is 2.02. The van der Waals surface area contributed by atoms with Gasteiger partial charge in [-0.15, -0.1) is 0 Å². The summed E-state index contributed by atoms with van der Waals surface area (Å²) in [5, 5.41) is 3.34. The van der Waals surface area contributed by atoms with Crippen LogP contribution in [0.3, 0.4) is 0 Å². The second-order valence-corrected chi connectivity index (χ2v) is 4.83.